The quantitative estimate of drug-likeness (QED) is 0.768. The molecule has 0 amide bonds. The van der Waals surface area contributed by atoms with E-state index in [1.165, 1.54) is 13.2 Å². The Labute approximate surface area is 88.2 Å². The van der Waals surface area contributed by atoms with Crippen LogP contribution in [0.1, 0.15) is 15.9 Å². The van der Waals surface area contributed by atoms with Crippen LogP contribution in [-0.4, -0.2) is 26.5 Å². The third-order valence-electron chi connectivity index (χ3n) is 2.03. The van der Waals surface area contributed by atoms with Crippen LogP contribution in [-0.2, 0) is 0 Å². The van der Waals surface area contributed by atoms with Gasteiger partial charge in [-0.15, -0.1) is 0 Å². The van der Waals surface area contributed by atoms with E-state index >= 15 is 0 Å². The molecule has 0 aliphatic heterocycles. The summed E-state index contributed by atoms with van der Waals surface area (Å²) in [5.74, 6) is -0.672. The maximum absolute atomic E-state index is 13.4. The van der Waals surface area contributed by atoms with Crippen molar-refractivity contribution in [1.82, 2.24) is 5.32 Å². The standard InChI is InChI=1S/C11H14FNO2/c1-7-4-8(10(14)6-13-2)11(15-3)9(12)5-7/h4-5,13H,6H2,1-3H3. The Morgan fingerprint density at radius 1 is 1.53 bits per heavy atom. The molecule has 0 aromatic heterocycles. The van der Waals surface area contributed by atoms with E-state index in [9.17, 15) is 9.18 Å². The van der Waals surface area contributed by atoms with Gasteiger partial charge in [-0.2, -0.15) is 0 Å². The van der Waals surface area contributed by atoms with Gasteiger partial charge in [0.2, 0.25) is 0 Å². The third-order valence-corrected chi connectivity index (χ3v) is 2.03. The second-order valence-corrected chi connectivity index (χ2v) is 3.28. The number of halogens is 1. The number of ether oxygens (including phenoxy) is 1. The first-order chi connectivity index (χ1) is 7.10. The molecule has 1 N–H and O–H groups in total. The summed E-state index contributed by atoms with van der Waals surface area (Å²) < 4.78 is 18.3. The first kappa shape index (κ1) is 11.7. The molecule has 0 saturated carbocycles. The molecule has 0 aliphatic carbocycles. The summed E-state index contributed by atoms with van der Waals surface area (Å²) in [6.07, 6.45) is 0. The van der Waals surface area contributed by atoms with Gasteiger partial charge in [-0.3, -0.25) is 4.79 Å². The normalized spacial score (nSPS) is 10.1. The zero-order valence-corrected chi connectivity index (χ0v) is 9.06. The molecule has 0 atom stereocenters. The lowest BCUT2D eigenvalue weighted by Crippen LogP contribution is -2.19. The molecule has 0 spiro atoms. The van der Waals surface area contributed by atoms with Gasteiger partial charge in [0.15, 0.2) is 17.3 Å². The predicted molar refractivity (Wildman–Crippen MR) is 55.9 cm³/mol. The molecule has 1 aromatic carbocycles. The number of likely N-dealkylation sites (N-methyl/N-ethyl adjacent to an activating group) is 1. The molecule has 1 rings (SSSR count). The summed E-state index contributed by atoms with van der Waals surface area (Å²) in [5, 5.41) is 2.73. The zero-order valence-electron chi connectivity index (χ0n) is 9.06. The molecular weight excluding hydrogens is 197 g/mol. The van der Waals surface area contributed by atoms with Gasteiger partial charge in [-0.05, 0) is 31.7 Å². The largest absolute Gasteiger partial charge is 0.493 e. The van der Waals surface area contributed by atoms with Crippen LogP contribution in [0.4, 0.5) is 4.39 Å². The molecular formula is C11H14FNO2. The van der Waals surface area contributed by atoms with Gasteiger partial charge in [0.1, 0.15) is 0 Å². The Kier molecular flexibility index (Phi) is 3.80. The number of hydrogen-bond donors (Lipinski definition) is 1. The molecule has 3 nitrogen and oxygen atoms in total. The number of methoxy groups -OCH3 is 1. The maximum atomic E-state index is 13.4. The Morgan fingerprint density at radius 2 is 2.20 bits per heavy atom. The summed E-state index contributed by atoms with van der Waals surface area (Å²) in [6, 6.07) is 2.97. The van der Waals surface area contributed by atoms with Gasteiger partial charge in [-0.1, -0.05) is 0 Å². The molecule has 0 aliphatic rings. The van der Waals surface area contributed by atoms with Crippen molar-refractivity contribution in [1.29, 1.82) is 0 Å². The van der Waals surface area contributed by atoms with E-state index in [1.54, 1.807) is 20.0 Å². The summed E-state index contributed by atoms with van der Waals surface area (Å²) in [5.41, 5.74) is 0.983. The number of Topliss-reactive ketones (excluding diaryl/α,β-unsaturated/α-hetero) is 1. The van der Waals surface area contributed by atoms with Crippen molar-refractivity contribution in [2.24, 2.45) is 0 Å². The second kappa shape index (κ2) is 4.89. The molecule has 1 aromatic rings. The fraction of sp³-hybridized carbons (Fsp3) is 0.364. The van der Waals surface area contributed by atoms with E-state index in [1.807, 2.05) is 0 Å². The van der Waals surface area contributed by atoms with Crippen molar-refractivity contribution in [3.05, 3.63) is 29.1 Å². The van der Waals surface area contributed by atoms with Crippen LogP contribution >= 0.6 is 0 Å². The minimum Gasteiger partial charge on any atom is -0.493 e. The van der Waals surface area contributed by atoms with Crippen molar-refractivity contribution in [3.8, 4) is 5.75 Å². The Hall–Kier alpha value is -1.42. The Bertz CT molecular complexity index is 377. The highest BCUT2D eigenvalue weighted by molar-refractivity contribution is 6.00. The molecule has 0 radical (unpaired) electrons. The van der Waals surface area contributed by atoms with Gasteiger partial charge in [0.25, 0.3) is 0 Å². The number of ketones is 1. The van der Waals surface area contributed by atoms with Crippen LogP contribution in [0, 0.1) is 12.7 Å². The molecule has 0 bridgehead atoms. The first-order valence-electron chi connectivity index (χ1n) is 4.62. The van der Waals surface area contributed by atoms with Crippen molar-refractivity contribution in [2.75, 3.05) is 20.7 Å². The van der Waals surface area contributed by atoms with E-state index in [0.717, 1.165) is 0 Å². The zero-order chi connectivity index (χ0) is 11.4. The lowest BCUT2D eigenvalue weighted by Gasteiger charge is -2.09. The second-order valence-electron chi connectivity index (χ2n) is 3.28. The highest BCUT2D eigenvalue weighted by Gasteiger charge is 2.16. The van der Waals surface area contributed by atoms with Gasteiger partial charge >= 0.3 is 0 Å². The maximum Gasteiger partial charge on any atom is 0.180 e. The summed E-state index contributed by atoms with van der Waals surface area (Å²) >= 11 is 0. The summed E-state index contributed by atoms with van der Waals surface area (Å²) in [6.45, 7) is 1.90. The van der Waals surface area contributed by atoms with Gasteiger partial charge in [0.05, 0.1) is 19.2 Å². The minimum absolute atomic E-state index is 0.0147. The fourth-order valence-corrected chi connectivity index (χ4v) is 1.40. The molecule has 4 heteroatoms. The highest BCUT2D eigenvalue weighted by atomic mass is 19.1. The predicted octanol–water partition coefficient (Wildman–Crippen LogP) is 1.54. The first-order valence-corrected chi connectivity index (χ1v) is 4.62. The van der Waals surface area contributed by atoms with Gasteiger partial charge in [-0.25, -0.2) is 4.39 Å². The lowest BCUT2D eigenvalue weighted by molar-refractivity contribution is 0.0989. The van der Waals surface area contributed by atoms with E-state index in [2.05, 4.69) is 5.32 Å². The summed E-state index contributed by atoms with van der Waals surface area (Å²) in [7, 11) is 3.01. The summed E-state index contributed by atoms with van der Waals surface area (Å²) in [4.78, 5) is 11.6. The van der Waals surface area contributed by atoms with Gasteiger partial charge in [0, 0.05) is 0 Å². The van der Waals surface area contributed by atoms with Crippen molar-refractivity contribution in [3.63, 3.8) is 0 Å². The smallest absolute Gasteiger partial charge is 0.180 e. The SMILES string of the molecule is CNCC(=O)c1cc(C)cc(F)c1OC. The minimum atomic E-state index is -0.503. The van der Waals surface area contributed by atoms with Gasteiger partial charge < -0.3 is 10.1 Å². The lowest BCUT2D eigenvalue weighted by atomic mass is 10.1. The Balaban J connectivity index is 3.20. The number of nitrogens with one attached hydrogen (secondary N) is 1. The molecule has 0 heterocycles. The molecule has 0 fully saturated rings. The number of aryl methyl sites for hydroxylation is 1. The number of hydrogen-bond acceptors (Lipinski definition) is 3. The number of carbonyl (C=O) groups excluding carboxylic acids is 1. The third kappa shape index (κ3) is 2.53. The van der Waals surface area contributed by atoms with E-state index < -0.39 is 5.82 Å². The van der Waals surface area contributed by atoms with Crippen molar-refractivity contribution < 1.29 is 13.9 Å². The van der Waals surface area contributed by atoms with Crippen LogP contribution in [0.25, 0.3) is 0 Å². The van der Waals surface area contributed by atoms with E-state index in [-0.39, 0.29) is 23.6 Å². The van der Waals surface area contributed by atoms with Crippen molar-refractivity contribution in [2.45, 2.75) is 6.92 Å². The van der Waals surface area contributed by atoms with Crippen LogP contribution in [0.3, 0.4) is 0 Å². The number of benzene rings is 1. The van der Waals surface area contributed by atoms with Crippen molar-refractivity contribution >= 4 is 5.78 Å². The molecule has 15 heavy (non-hydrogen) atoms. The monoisotopic (exact) mass is 211 g/mol. The van der Waals surface area contributed by atoms with E-state index in [4.69, 9.17) is 4.74 Å². The molecule has 0 unspecified atom stereocenters. The van der Waals surface area contributed by atoms with Crippen LogP contribution in [0.15, 0.2) is 12.1 Å². The van der Waals surface area contributed by atoms with E-state index in [0.29, 0.717) is 5.56 Å². The number of rotatable bonds is 4. The molecule has 0 saturated heterocycles. The van der Waals surface area contributed by atoms with Crippen LogP contribution in [0.2, 0.25) is 0 Å². The fourth-order valence-electron chi connectivity index (χ4n) is 1.40. The molecule has 82 valence electrons. The Morgan fingerprint density at radius 3 is 2.73 bits per heavy atom. The van der Waals surface area contributed by atoms with Crippen LogP contribution < -0.4 is 10.1 Å². The average molecular weight is 211 g/mol. The number of carbonyl (C=O) groups is 1. The van der Waals surface area contributed by atoms with Crippen LogP contribution in [0.5, 0.6) is 5.75 Å². The average Bonchev–Trinajstić information content (AvgIpc) is 2.17. The topological polar surface area (TPSA) is 38.3 Å². The highest BCUT2D eigenvalue weighted by Crippen LogP contribution is 2.24.